The zero-order chi connectivity index (χ0) is 26.5. The van der Waals surface area contributed by atoms with Crippen LogP contribution in [0.3, 0.4) is 0 Å². The number of carbonyl (C=O) groups is 2. The van der Waals surface area contributed by atoms with Crippen molar-refractivity contribution < 1.29 is 18.7 Å². The van der Waals surface area contributed by atoms with E-state index in [0.29, 0.717) is 17.0 Å². The fraction of sp³-hybridized carbons (Fsp3) is 0.276. The van der Waals surface area contributed by atoms with Crippen molar-refractivity contribution in [2.75, 3.05) is 26.8 Å². The van der Waals surface area contributed by atoms with Crippen molar-refractivity contribution in [3.8, 4) is 0 Å². The summed E-state index contributed by atoms with van der Waals surface area (Å²) in [6, 6.07) is 18.4. The van der Waals surface area contributed by atoms with Crippen LogP contribution >= 0.6 is 11.6 Å². The summed E-state index contributed by atoms with van der Waals surface area (Å²) in [6.07, 6.45) is 0.469. The molecule has 4 rings (SSSR count). The van der Waals surface area contributed by atoms with E-state index in [1.807, 2.05) is 26.0 Å². The Morgan fingerprint density at radius 1 is 1.08 bits per heavy atom. The molecule has 192 valence electrons. The number of carbonyl (C=O) groups excluding carboxylic acids is 2. The van der Waals surface area contributed by atoms with Crippen molar-refractivity contribution in [3.05, 3.63) is 105 Å². The summed E-state index contributed by atoms with van der Waals surface area (Å²) >= 11 is 6.26. The minimum atomic E-state index is -0.426. The number of methoxy groups -OCH3 is 1. The second-order valence-corrected chi connectivity index (χ2v) is 9.46. The summed E-state index contributed by atoms with van der Waals surface area (Å²) in [4.78, 5) is 28.4. The largest absolute Gasteiger partial charge is 0.383 e. The van der Waals surface area contributed by atoms with Crippen molar-refractivity contribution in [1.82, 2.24) is 9.91 Å². The summed E-state index contributed by atoms with van der Waals surface area (Å²) < 4.78 is 18.8. The highest BCUT2D eigenvalue weighted by Crippen LogP contribution is 2.33. The number of nitrogens with zero attached hydrogens (tertiary/aromatic N) is 3. The highest BCUT2D eigenvalue weighted by molar-refractivity contribution is 6.33. The first-order valence-electron chi connectivity index (χ1n) is 12.0. The zero-order valence-corrected chi connectivity index (χ0v) is 21.8. The van der Waals surface area contributed by atoms with E-state index in [-0.39, 0.29) is 37.3 Å². The predicted molar refractivity (Wildman–Crippen MR) is 142 cm³/mol. The van der Waals surface area contributed by atoms with E-state index < -0.39 is 6.04 Å². The molecule has 1 aliphatic heterocycles. The van der Waals surface area contributed by atoms with E-state index in [9.17, 15) is 14.0 Å². The molecule has 1 heterocycles. The standard InChI is InChI=1S/C29H29ClFN3O3/c1-19-8-9-22(16-20(19)2)26-17-27(21-10-12-23(31)13-11-21)34(32-26)28(35)18-33(14-15-37-3)29(36)24-6-4-5-7-25(24)30/h4-13,16,27H,14-15,17-18H2,1-3H3. The second-order valence-electron chi connectivity index (χ2n) is 9.05. The van der Waals surface area contributed by atoms with E-state index in [4.69, 9.17) is 21.4 Å². The molecular weight excluding hydrogens is 493 g/mol. The van der Waals surface area contributed by atoms with E-state index >= 15 is 0 Å². The zero-order valence-electron chi connectivity index (χ0n) is 21.1. The molecule has 3 aromatic rings. The van der Waals surface area contributed by atoms with Crippen LogP contribution in [0.2, 0.25) is 5.02 Å². The molecule has 0 N–H and O–H groups in total. The Labute approximate surface area is 221 Å². The van der Waals surface area contributed by atoms with Crippen LogP contribution in [0.5, 0.6) is 0 Å². The lowest BCUT2D eigenvalue weighted by Gasteiger charge is -2.27. The molecule has 1 aliphatic rings. The molecule has 8 heteroatoms. The van der Waals surface area contributed by atoms with Crippen molar-refractivity contribution in [2.45, 2.75) is 26.3 Å². The maximum absolute atomic E-state index is 13.7. The fourth-order valence-electron chi connectivity index (χ4n) is 4.27. The SMILES string of the molecule is COCCN(CC(=O)N1N=C(c2ccc(C)c(C)c2)CC1c1ccc(F)cc1)C(=O)c1ccccc1Cl. The third-order valence-corrected chi connectivity index (χ3v) is 6.87. The monoisotopic (exact) mass is 521 g/mol. The van der Waals surface area contributed by atoms with E-state index in [1.54, 1.807) is 36.4 Å². The molecule has 0 radical (unpaired) electrons. The third kappa shape index (κ3) is 6.06. The topological polar surface area (TPSA) is 62.2 Å². The molecule has 1 atom stereocenters. The van der Waals surface area contributed by atoms with Crippen LogP contribution in [0.1, 0.15) is 45.1 Å². The lowest BCUT2D eigenvalue weighted by atomic mass is 9.96. The number of halogens is 2. The van der Waals surface area contributed by atoms with Gasteiger partial charge in [-0.2, -0.15) is 5.10 Å². The first kappa shape index (κ1) is 26.5. The van der Waals surface area contributed by atoms with Crippen molar-refractivity contribution >= 4 is 29.1 Å². The van der Waals surface area contributed by atoms with Gasteiger partial charge in [0.1, 0.15) is 12.4 Å². The number of amides is 2. The Balaban J connectivity index is 1.65. The molecule has 0 aromatic heterocycles. The number of hydrogen-bond donors (Lipinski definition) is 0. The molecule has 3 aromatic carbocycles. The lowest BCUT2D eigenvalue weighted by Crippen LogP contribution is -2.42. The highest BCUT2D eigenvalue weighted by Gasteiger charge is 2.34. The predicted octanol–water partition coefficient (Wildman–Crippen LogP) is 5.56. The number of hydrazone groups is 1. The first-order valence-corrected chi connectivity index (χ1v) is 12.4. The third-order valence-electron chi connectivity index (χ3n) is 6.54. The molecule has 0 spiro atoms. The van der Waals surface area contributed by atoms with Crippen molar-refractivity contribution in [2.24, 2.45) is 5.10 Å². The average molecular weight is 522 g/mol. The minimum Gasteiger partial charge on any atom is -0.383 e. The smallest absolute Gasteiger partial charge is 0.262 e. The van der Waals surface area contributed by atoms with Crippen LogP contribution in [0, 0.1) is 19.7 Å². The van der Waals surface area contributed by atoms with Gasteiger partial charge in [0.25, 0.3) is 11.8 Å². The number of aryl methyl sites for hydroxylation is 2. The minimum absolute atomic E-state index is 0.203. The molecule has 0 fully saturated rings. The first-order chi connectivity index (χ1) is 17.8. The highest BCUT2D eigenvalue weighted by atomic mass is 35.5. The Hall–Kier alpha value is -3.55. The Morgan fingerprint density at radius 2 is 1.81 bits per heavy atom. The number of ether oxygens (including phenoxy) is 1. The number of hydrogen-bond acceptors (Lipinski definition) is 4. The van der Waals surface area contributed by atoms with E-state index in [2.05, 4.69) is 6.07 Å². The van der Waals surface area contributed by atoms with Gasteiger partial charge in [0, 0.05) is 20.1 Å². The van der Waals surface area contributed by atoms with E-state index in [0.717, 1.165) is 28.0 Å². The van der Waals surface area contributed by atoms with Gasteiger partial charge in [0.2, 0.25) is 0 Å². The Kier molecular flexibility index (Phi) is 8.36. The molecule has 0 aliphatic carbocycles. The lowest BCUT2D eigenvalue weighted by molar-refractivity contribution is -0.133. The van der Waals surface area contributed by atoms with Gasteiger partial charge in [0.15, 0.2) is 0 Å². The average Bonchev–Trinajstić information content (AvgIpc) is 3.34. The van der Waals surface area contributed by atoms with Crippen LogP contribution < -0.4 is 0 Å². The van der Waals surface area contributed by atoms with Gasteiger partial charge in [-0.1, -0.05) is 48.0 Å². The Morgan fingerprint density at radius 3 is 2.49 bits per heavy atom. The van der Waals surface area contributed by atoms with Gasteiger partial charge in [-0.3, -0.25) is 9.59 Å². The van der Waals surface area contributed by atoms with Gasteiger partial charge in [0.05, 0.1) is 28.9 Å². The second kappa shape index (κ2) is 11.7. The summed E-state index contributed by atoms with van der Waals surface area (Å²) in [5.41, 5.74) is 5.04. The summed E-state index contributed by atoms with van der Waals surface area (Å²) in [7, 11) is 1.53. The molecule has 2 amide bonds. The molecule has 0 bridgehead atoms. The number of rotatable bonds is 8. The quantitative estimate of drug-likeness (QED) is 0.390. The normalized spacial score (nSPS) is 15.0. The van der Waals surface area contributed by atoms with Crippen LogP contribution in [0.4, 0.5) is 4.39 Å². The maximum Gasteiger partial charge on any atom is 0.262 e. The Bertz CT molecular complexity index is 1330. The van der Waals surface area contributed by atoms with Gasteiger partial charge in [-0.05, 0) is 66.4 Å². The van der Waals surface area contributed by atoms with Crippen LogP contribution in [-0.2, 0) is 9.53 Å². The van der Waals surface area contributed by atoms with Gasteiger partial charge in [-0.25, -0.2) is 9.40 Å². The van der Waals surface area contributed by atoms with Gasteiger partial charge >= 0.3 is 0 Å². The maximum atomic E-state index is 13.7. The summed E-state index contributed by atoms with van der Waals surface area (Å²) in [6.45, 7) is 4.31. The van der Waals surface area contributed by atoms with Gasteiger partial charge < -0.3 is 9.64 Å². The van der Waals surface area contributed by atoms with E-state index in [1.165, 1.54) is 29.2 Å². The molecular formula is C29H29ClFN3O3. The summed E-state index contributed by atoms with van der Waals surface area (Å²) in [5, 5.41) is 6.43. The fourth-order valence-corrected chi connectivity index (χ4v) is 4.49. The molecule has 0 saturated heterocycles. The molecule has 37 heavy (non-hydrogen) atoms. The van der Waals surface area contributed by atoms with Crippen LogP contribution in [-0.4, -0.2) is 54.2 Å². The van der Waals surface area contributed by atoms with Crippen LogP contribution in [0.25, 0.3) is 0 Å². The molecule has 6 nitrogen and oxygen atoms in total. The number of benzene rings is 3. The molecule has 1 unspecified atom stereocenters. The summed E-state index contributed by atoms with van der Waals surface area (Å²) in [5.74, 6) is -1.08. The van der Waals surface area contributed by atoms with Crippen molar-refractivity contribution in [3.63, 3.8) is 0 Å². The molecule has 0 saturated carbocycles. The van der Waals surface area contributed by atoms with Crippen molar-refractivity contribution in [1.29, 1.82) is 0 Å². The van der Waals surface area contributed by atoms with Crippen LogP contribution in [0.15, 0.2) is 71.8 Å². The van der Waals surface area contributed by atoms with Gasteiger partial charge in [-0.15, -0.1) is 0 Å².